The molecule has 38 heavy (non-hydrogen) atoms. The van der Waals surface area contributed by atoms with Crippen molar-refractivity contribution in [1.82, 2.24) is 4.57 Å². The van der Waals surface area contributed by atoms with Crippen molar-refractivity contribution in [2.24, 2.45) is 4.99 Å². The highest BCUT2D eigenvalue weighted by Gasteiger charge is 2.35. The second kappa shape index (κ2) is 10.8. The first-order chi connectivity index (χ1) is 18.5. The quantitative estimate of drug-likeness (QED) is 0.282. The minimum absolute atomic E-state index is 0.189. The highest BCUT2D eigenvalue weighted by molar-refractivity contribution is 7.07. The summed E-state index contributed by atoms with van der Waals surface area (Å²) in [5.74, 6) is -0.561. The third kappa shape index (κ3) is 4.99. The molecule has 1 atom stereocenters. The smallest absolute Gasteiger partial charge is 0.338 e. The van der Waals surface area contributed by atoms with Crippen molar-refractivity contribution in [2.75, 3.05) is 6.61 Å². The second-order valence-electron chi connectivity index (χ2n) is 8.51. The van der Waals surface area contributed by atoms with E-state index in [2.05, 4.69) is 0 Å². The fourth-order valence-corrected chi connectivity index (χ4v) is 5.38. The Kier molecular flexibility index (Phi) is 7.15. The average molecular weight is 525 g/mol. The van der Waals surface area contributed by atoms with E-state index in [1.54, 1.807) is 35.8 Å². The number of hydrogen-bond acceptors (Lipinski definition) is 7. The van der Waals surface area contributed by atoms with Crippen LogP contribution in [0.15, 0.2) is 100 Å². The minimum Gasteiger partial charge on any atom is -0.463 e. The Bertz CT molecular complexity index is 1720. The molecule has 0 aliphatic carbocycles. The van der Waals surface area contributed by atoms with E-state index in [0.29, 0.717) is 31.9 Å². The molecule has 3 aromatic carbocycles. The summed E-state index contributed by atoms with van der Waals surface area (Å²) in [5.41, 5.74) is 2.71. The Balaban J connectivity index is 1.77. The Hall–Kier alpha value is -4.56. The number of aromatic nitrogens is 1. The molecule has 4 aromatic rings. The normalized spacial score (nSPS) is 15.0. The number of ether oxygens (including phenoxy) is 2. The Morgan fingerprint density at radius 3 is 2.39 bits per heavy atom. The molecule has 0 radical (unpaired) electrons. The van der Waals surface area contributed by atoms with E-state index in [1.165, 1.54) is 18.3 Å². The van der Waals surface area contributed by atoms with E-state index in [4.69, 9.17) is 14.5 Å². The fourth-order valence-electron chi connectivity index (χ4n) is 4.38. The molecule has 0 N–H and O–H groups in total. The largest absolute Gasteiger partial charge is 0.463 e. The lowest BCUT2D eigenvalue weighted by Gasteiger charge is -2.25. The van der Waals surface area contributed by atoms with Gasteiger partial charge in [-0.05, 0) is 36.3 Å². The molecule has 8 heteroatoms. The second-order valence-corrected chi connectivity index (χ2v) is 9.52. The number of hydrogen-bond donors (Lipinski definition) is 0. The molecular weight excluding hydrogens is 500 g/mol. The maximum atomic E-state index is 13.9. The Morgan fingerprint density at radius 1 is 1.00 bits per heavy atom. The molecule has 0 bridgehead atoms. The van der Waals surface area contributed by atoms with Crippen molar-refractivity contribution in [3.8, 4) is 5.75 Å². The number of carbonyl (C=O) groups excluding carboxylic acids is 2. The van der Waals surface area contributed by atoms with Crippen LogP contribution in [0.1, 0.15) is 36.6 Å². The predicted octanol–water partition coefficient (Wildman–Crippen LogP) is 3.86. The topological polar surface area (TPSA) is 87.0 Å². The molecule has 0 saturated carbocycles. The average Bonchev–Trinajstić information content (AvgIpc) is 3.23. The van der Waals surface area contributed by atoms with Gasteiger partial charge in [0.05, 0.1) is 28.5 Å². The number of fused-ring (bicyclic) bond motifs is 1. The molecule has 1 aliphatic heterocycles. The summed E-state index contributed by atoms with van der Waals surface area (Å²) in [6.07, 6.45) is 1.73. The maximum Gasteiger partial charge on any atom is 0.338 e. The van der Waals surface area contributed by atoms with Crippen LogP contribution in [0.25, 0.3) is 11.8 Å². The SMILES string of the molecule is CCOC(=O)C1=C(c2ccccc2)N=c2s/c(=C\c3cccc(OC(C)=O)c3)c(=O)n2[C@@H]1c1ccccc1. The molecule has 0 spiro atoms. The molecule has 190 valence electrons. The molecule has 0 saturated heterocycles. The molecule has 7 nitrogen and oxygen atoms in total. The van der Waals surface area contributed by atoms with Gasteiger partial charge in [0.15, 0.2) is 4.80 Å². The first kappa shape index (κ1) is 25.1. The van der Waals surface area contributed by atoms with Gasteiger partial charge in [-0.25, -0.2) is 9.79 Å². The number of thiazole rings is 1. The van der Waals surface area contributed by atoms with Gasteiger partial charge in [0.2, 0.25) is 0 Å². The van der Waals surface area contributed by atoms with Crippen LogP contribution in [0.3, 0.4) is 0 Å². The zero-order valence-electron chi connectivity index (χ0n) is 20.8. The van der Waals surface area contributed by atoms with Gasteiger partial charge < -0.3 is 9.47 Å². The van der Waals surface area contributed by atoms with Crippen LogP contribution in [0, 0.1) is 0 Å². The number of carbonyl (C=O) groups is 2. The number of esters is 2. The van der Waals surface area contributed by atoms with Crippen molar-refractivity contribution in [2.45, 2.75) is 19.9 Å². The summed E-state index contributed by atoms with van der Waals surface area (Å²) in [6.45, 7) is 3.27. The van der Waals surface area contributed by atoms with E-state index >= 15 is 0 Å². The Labute approximate surface area is 222 Å². The molecule has 1 aliphatic rings. The van der Waals surface area contributed by atoms with Crippen molar-refractivity contribution >= 4 is 35.0 Å². The molecule has 0 fully saturated rings. The third-order valence-electron chi connectivity index (χ3n) is 5.91. The standard InChI is InChI=1S/C30H24N2O5S/c1-3-36-29(35)25-26(21-12-6-4-7-13-21)31-30-32(27(25)22-14-8-5-9-15-22)28(34)24(38-30)18-20-11-10-16-23(17-20)37-19(2)33/h4-18,27H,3H2,1-2H3/b24-18-/t27-/m1/s1. The van der Waals surface area contributed by atoms with Crippen molar-refractivity contribution in [3.05, 3.63) is 127 Å². The van der Waals surface area contributed by atoms with E-state index in [9.17, 15) is 14.4 Å². The summed E-state index contributed by atoms with van der Waals surface area (Å²) in [5, 5.41) is 0. The first-order valence-corrected chi connectivity index (χ1v) is 12.9. The lowest BCUT2D eigenvalue weighted by atomic mass is 9.93. The molecule has 0 unspecified atom stereocenters. The lowest BCUT2D eigenvalue weighted by Crippen LogP contribution is -2.39. The van der Waals surface area contributed by atoms with Gasteiger partial charge in [-0.2, -0.15) is 0 Å². The van der Waals surface area contributed by atoms with Gasteiger partial charge in [0.25, 0.3) is 5.56 Å². The monoisotopic (exact) mass is 524 g/mol. The lowest BCUT2D eigenvalue weighted by molar-refractivity contribution is -0.139. The zero-order chi connectivity index (χ0) is 26.6. The van der Waals surface area contributed by atoms with E-state index in [0.717, 1.165) is 11.1 Å². The summed E-state index contributed by atoms with van der Waals surface area (Å²) in [6, 6.07) is 25.0. The van der Waals surface area contributed by atoms with E-state index in [-0.39, 0.29) is 12.2 Å². The summed E-state index contributed by atoms with van der Waals surface area (Å²) >= 11 is 1.23. The maximum absolute atomic E-state index is 13.9. The van der Waals surface area contributed by atoms with Crippen LogP contribution in [0.4, 0.5) is 0 Å². The van der Waals surface area contributed by atoms with Crippen LogP contribution >= 0.6 is 11.3 Å². The van der Waals surface area contributed by atoms with Crippen LogP contribution < -0.4 is 19.6 Å². The minimum atomic E-state index is -0.726. The highest BCUT2D eigenvalue weighted by Crippen LogP contribution is 2.35. The number of nitrogens with zero attached hydrogens (tertiary/aromatic N) is 2. The fraction of sp³-hybridized carbons (Fsp3) is 0.133. The van der Waals surface area contributed by atoms with E-state index < -0.39 is 18.0 Å². The van der Waals surface area contributed by atoms with Crippen molar-refractivity contribution in [1.29, 1.82) is 0 Å². The summed E-state index contributed by atoms with van der Waals surface area (Å²) < 4.78 is 12.6. The van der Waals surface area contributed by atoms with E-state index in [1.807, 2.05) is 66.7 Å². The van der Waals surface area contributed by atoms with Crippen LogP contribution in [-0.2, 0) is 14.3 Å². The van der Waals surface area contributed by atoms with Gasteiger partial charge in [0.1, 0.15) is 5.75 Å². The molecule has 5 rings (SSSR count). The summed E-state index contributed by atoms with van der Waals surface area (Å²) in [4.78, 5) is 43.9. The van der Waals surface area contributed by atoms with Crippen LogP contribution in [-0.4, -0.2) is 23.1 Å². The molecule has 1 aromatic heterocycles. The predicted molar refractivity (Wildman–Crippen MR) is 145 cm³/mol. The van der Waals surface area contributed by atoms with Crippen molar-refractivity contribution in [3.63, 3.8) is 0 Å². The van der Waals surface area contributed by atoms with Crippen molar-refractivity contribution < 1.29 is 19.1 Å². The first-order valence-electron chi connectivity index (χ1n) is 12.1. The van der Waals surface area contributed by atoms with Gasteiger partial charge >= 0.3 is 11.9 Å². The van der Waals surface area contributed by atoms with Crippen LogP contribution in [0.5, 0.6) is 5.75 Å². The third-order valence-corrected chi connectivity index (χ3v) is 6.89. The molecule has 0 amide bonds. The number of benzene rings is 3. The molecule has 2 heterocycles. The van der Waals surface area contributed by atoms with Gasteiger partial charge in [0, 0.05) is 12.5 Å². The highest BCUT2D eigenvalue weighted by atomic mass is 32.1. The molecular formula is C30H24N2O5S. The zero-order valence-corrected chi connectivity index (χ0v) is 21.6. The number of rotatable bonds is 6. The van der Waals surface area contributed by atoms with Gasteiger partial charge in [-0.1, -0.05) is 84.1 Å². The van der Waals surface area contributed by atoms with Gasteiger partial charge in [-0.15, -0.1) is 0 Å². The van der Waals surface area contributed by atoms with Gasteiger partial charge in [-0.3, -0.25) is 14.2 Å². The van der Waals surface area contributed by atoms with Crippen LogP contribution in [0.2, 0.25) is 0 Å². The Morgan fingerprint density at radius 2 is 1.71 bits per heavy atom. The summed E-state index contributed by atoms with van der Waals surface area (Å²) in [7, 11) is 0.